The van der Waals surface area contributed by atoms with Crippen molar-refractivity contribution in [1.82, 2.24) is 0 Å². The SMILES string of the molecule is C=CCCc1ccc(CCC=C)c(C(F)F)c1C(F)F. The average Bonchev–Trinajstić information content (AvgIpc) is 2.41. The summed E-state index contributed by atoms with van der Waals surface area (Å²) < 4.78 is 52.8. The second kappa shape index (κ2) is 7.88. The molecule has 1 aromatic rings. The third kappa shape index (κ3) is 3.95. The van der Waals surface area contributed by atoms with Crippen LogP contribution in [0.5, 0.6) is 0 Å². The third-order valence-corrected chi connectivity index (χ3v) is 3.14. The van der Waals surface area contributed by atoms with Gasteiger partial charge in [-0.15, -0.1) is 13.2 Å². The minimum atomic E-state index is -2.90. The smallest absolute Gasteiger partial charge is 0.205 e. The van der Waals surface area contributed by atoms with Gasteiger partial charge in [-0.05, 0) is 36.8 Å². The van der Waals surface area contributed by atoms with Gasteiger partial charge in [0.05, 0.1) is 0 Å². The van der Waals surface area contributed by atoms with Crippen LogP contribution < -0.4 is 0 Å². The van der Waals surface area contributed by atoms with Gasteiger partial charge in [-0.1, -0.05) is 24.3 Å². The summed E-state index contributed by atoms with van der Waals surface area (Å²) in [5.74, 6) is 0. The third-order valence-electron chi connectivity index (χ3n) is 3.14. The Morgan fingerprint density at radius 1 is 0.800 bits per heavy atom. The van der Waals surface area contributed by atoms with Crippen LogP contribution in [0.25, 0.3) is 0 Å². The zero-order chi connectivity index (χ0) is 15.1. The van der Waals surface area contributed by atoms with E-state index in [1.165, 1.54) is 12.1 Å². The van der Waals surface area contributed by atoms with Gasteiger partial charge in [0.25, 0.3) is 12.9 Å². The van der Waals surface area contributed by atoms with Crippen molar-refractivity contribution >= 4 is 0 Å². The first kappa shape index (κ1) is 16.5. The summed E-state index contributed by atoms with van der Waals surface area (Å²) in [6.07, 6.45) is -1.07. The second-order valence-electron chi connectivity index (χ2n) is 4.47. The Balaban J connectivity index is 3.32. The Morgan fingerprint density at radius 2 is 1.15 bits per heavy atom. The van der Waals surface area contributed by atoms with Crippen LogP contribution in [-0.4, -0.2) is 0 Å². The lowest BCUT2D eigenvalue weighted by atomic mass is 9.91. The van der Waals surface area contributed by atoms with Gasteiger partial charge in [0, 0.05) is 11.1 Å². The summed E-state index contributed by atoms with van der Waals surface area (Å²) in [6.45, 7) is 7.04. The van der Waals surface area contributed by atoms with Gasteiger partial charge in [-0.2, -0.15) is 0 Å². The standard InChI is InChI=1S/C16H18F4/c1-3-5-7-11-9-10-12(8-6-4-2)14(16(19)20)13(11)15(17)18/h3-4,9-10,15-16H,1-2,5-8H2. The monoisotopic (exact) mass is 286 g/mol. The number of benzene rings is 1. The molecule has 110 valence electrons. The first-order chi connectivity index (χ1) is 9.52. The lowest BCUT2D eigenvalue weighted by Gasteiger charge is -2.17. The van der Waals surface area contributed by atoms with Crippen molar-refractivity contribution in [2.24, 2.45) is 0 Å². The van der Waals surface area contributed by atoms with E-state index < -0.39 is 24.0 Å². The fraction of sp³-hybridized carbons (Fsp3) is 0.375. The Hall–Kier alpha value is -1.58. The van der Waals surface area contributed by atoms with Crippen molar-refractivity contribution in [1.29, 1.82) is 0 Å². The normalized spacial score (nSPS) is 11.1. The molecule has 0 radical (unpaired) electrons. The predicted octanol–water partition coefficient (Wildman–Crippen LogP) is 5.80. The van der Waals surface area contributed by atoms with E-state index in [4.69, 9.17) is 0 Å². The van der Waals surface area contributed by atoms with Crippen LogP contribution in [-0.2, 0) is 12.8 Å². The van der Waals surface area contributed by atoms with Gasteiger partial charge in [-0.3, -0.25) is 0 Å². The molecule has 1 rings (SSSR count). The van der Waals surface area contributed by atoms with Crippen LogP contribution >= 0.6 is 0 Å². The lowest BCUT2D eigenvalue weighted by Crippen LogP contribution is -2.06. The fourth-order valence-electron chi connectivity index (χ4n) is 2.19. The van der Waals surface area contributed by atoms with E-state index in [0.29, 0.717) is 25.7 Å². The molecule has 0 saturated carbocycles. The number of hydrogen-bond donors (Lipinski definition) is 0. The molecule has 0 atom stereocenters. The van der Waals surface area contributed by atoms with E-state index in [0.717, 1.165) is 0 Å². The maximum absolute atomic E-state index is 13.2. The summed E-state index contributed by atoms with van der Waals surface area (Å²) in [5.41, 5.74) is -0.470. The molecule has 0 amide bonds. The number of halogens is 4. The van der Waals surface area contributed by atoms with Gasteiger partial charge >= 0.3 is 0 Å². The largest absolute Gasteiger partial charge is 0.264 e. The molecule has 0 aliphatic rings. The summed E-state index contributed by atoms with van der Waals surface area (Å²) in [5, 5.41) is 0. The van der Waals surface area contributed by atoms with Crippen LogP contribution in [0.3, 0.4) is 0 Å². The molecule has 0 saturated heterocycles. The summed E-state index contributed by atoms with van der Waals surface area (Å²) >= 11 is 0. The van der Waals surface area contributed by atoms with E-state index in [1.807, 2.05) is 0 Å². The Bertz CT molecular complexity index is 421. The van der Waals surface area contributed by atoms with Crippen LogP contribution in [0, 0.1) is 0 Å². The van der Waals surface area contributed by atoms with Crippen molar-refractivity contribution in [2.45, 2.75) is 38.5 Å². The number of rotatable bonds is 8. The minimum absolute atomic E-state index is 0.276. The van der Waals surface area contributed by atoms with E-state index >= 15 is 0 Å². The molecule has 0 bridgehead atoms. The van der Waals surface area contributed by atoms with Gasteiger partial charge in [-0.25, -0.2) is 17.6 Å². The highest BCUT2D eigenvalue weighted by atomic mass is 19.3. The lowest BCUT2D eigenvalue weighted by molar-refractivity contribution is 0.122. The highest BCUT2D eigenvalue weighted by Gasteiger charge is 2.25. The summed E-state index contributed by atoms with van der Waals surface area (Å²) in [6, 6.07) is 3.05. The molecule has 0 unspecified atom stereocenters. The molecule has 0 heterocycles. The predicted molar refractivity (Wildman–Crippen MR) is 73.4 cm³/mol. The minimum Gasteiger partial charge on any atom is -0.205 e. The maximum Gasteiger partial charge on any atom is 0.264 e. The van der Waals surface area contributed by atoms with Crippen LogP contribution in [0.2, 0.25) is 0 Å². The number of aryl methyl sites for hydroxylation is 2. The molecular formula is C16H18F4. The molecule has 0 aromatic heterocycles. The first-order valence-electron chi connectivity index (χ1n) is 6.45. The van der Waals surface area contributed by atoms with Gasteiger partial charge in [0.2, 0.25) is 0 Å². The Labute approximate surface area is 116 Å². The molecule has 0 aliphatic carbocycles. The zero-order valence-electron chi connectivity index (χ0n) is 11.2. The maximum atomic E-state index is 13.2. The van der Waals surface area contributed by atoms with E-state index in [1.54, 1.807) is 12.2 Å². The van der Waals surface area contributed by atoms with Crippen LogP contribution in [0.15, 0.2) is 37.4 Å². The number of alkyl halides is 4. The van der Waals surface area contributed by atoms with E-state index in [-0.39, 0.29) is 11.1 Å². The second-order valence-corrected chi connectivity index (χ2v) is 4.47. The van der Waals surface area contributed by atoms with E-state index in [2.05, 4.69) is 13.2 Å². The molecule has 1 aromatic carbocycles. The molecule has 0 aliphatic heterocycles. The Kier molecular flexibility index (Phi) is 6.49. The topological polar surface area (TPSA) is 0 Å². The molecule has 0 spiro atoms. The van der Waals surface area contributed by atoms with Crippen molar-refractivity contribution in [3.63, 3.8) is 0 Å². The average molecular weight is 286 g/mol. The van der Waals surface area contributed by atoms with Gasteiger partial charge < -0.3 is 0 Å². The summed E-state index contributed by atoms with van der Waals surface area (Å²) in [7, 11) is 0. The highest BCUT2D eigenvalue weighted by molar-refractivity contribution is 5.43. The molecule has 0 fully saturated rings. The molecular weight excluding hydrogens is 268 g/mol. The molecule has 4 heteroatoms. The van der Waals surface area contributed by atoms with Gasteiger partial charge in [0.15, 0.2) is 0 Å². The van der Waals surface area contributed by atoms with E-state index in [9.17, 15) is 17.6 Å². The van der Waals surface area contributed by atoms with Gasteiger partial charge in [0.1, 0.15) is 0 Å². The van der Waals surface area contributed by atoms with Crippen molar-refractivity contribution < 1.29 is 17.6 Å². The molecule has 20 heavy (non-hydrogen) atoms. The fourth-order valence-corrected chi connectivity index (χ4v) is 2.19. The van der Waals surface area contributed by atoms with Crippen molar-refractivity contribution in [3.05, 3.63) is 59.7 Å². The quantitative estimate of drug-likeness (QED) is 0.418. The zero-order valence-corrected chi connectivity index (χ0v) is 11.2. The Morgan fingerprint density at radius 3 is 1.40 bits per heavy atom. The first-order valence-corrected chi connectivity index (χ1v) is 6.45. The van der Waals surface area contributed by atoms with Crippen molar-refractivity contribution in [3.8, 4) is 0 Å². The number of allylic oxidation sites excluding steroid dienone is 2. The van der Waals surface area contributed by atoms with Crippen molar-refractivity contribution in [2.75, 3.05) is 0 Å². The summed E-state index contributed by atoms with van der Waals surface area (Å²) in [4.78, 5) is 0. The van der Waals surface area contributed by atoms with Crippen LogP contribution in [0.4, 0.5) is 17.6 Å². The highest BCUT2D eigenvalue weighted by Crippen LogP contribution is 2.36. The number of hydrogen-bond acceptors (Lipinski definition) is 0. The molecule has 0 N–H and O–H groups in total. The van der Waals surface area contributed by atoms with Crippen LogP contribution in [0.1, 0.15) is 47.9 Å². The molecule has 0 nitrogen and oxygen atoms in total.